The quantitative estimate of drug-likeness (QED) is 0.628. The molecule has 1 aromatic heterocycles. The molecule has 2 aromatic rings. The second kappa shape index (κ2) is 7.56. The molecule has 0 aliphatic carbocycles. The monoisotopic (exact) mass is 372 g/mol. The number of nitro groups is 1. The van der Waals surface area contributed by atoms with Gasteiger partial charge in [0.1, 0.15) is 12.1 Å². The van der Waals surface area contributed by atoms with Crippen LogP contribution in [0.3, 0.4) is 0 Å². The van der Waals surface area contributed by atoms with Crippen LogP contribution in [0.2, 0.25) is 0 Å². The Kier molecular flexibility index (Phi) is 5.20. The molecule has 0 spiro atoms. The van der Waals surface area contributed by atoms with Gasteiger partial charge in [-0.3, -0.25) is 14.9 Å². The molecule has 1 saturated heterocycles. The third kappa shape index (κ3) is 3.97. The second-order valence-electron chi connectivity index (χ2n) is 6.56. The van der Waals surface area contributed by atoms with Gasteiger partial charge >= 0.3 is 17.5 Å². The number of anilines is 1. The van der Waals surface area contributed by atoms with E-state index in [4.69, 9.17) is 9.84 Å². The van der Waals surface area contributed by atoms with Gasteiger partial charge in [0.2, 0.25) is 5.82 Å². The van der Waals surface area contributed by atoms with Crippen molar-refractivity contribution < 1.29 is 19.6 Å². The van der Waals surface area contributed by atoms with Crippen molar-refractivity contribution in [2.24, 2.45) is 5.92 Å². The normalized spacial score (nSPS) is 14.8. The highest BCUT2D eigenvalue weighted by atomic mass is 16.6. The Labute approximate surface area is 155 Å². The molecular formula is C18H20N4O5. The van der Waals surface area contributed by atoms with Crippen LogP contribution in [0, 0.1) is 29.9 Å². The number of aliphatic carboxylic acids is 1. The van der Waals surface area contributed by atoms with Crippen LogP contribution in [0.15, 0.2) is 24.5 Å². The van der Waals surface area contributed by atoms with Crippen molar-refractivity contribution in [2.75, 3.05) is 18.0 Å². The van der Waals surface area contributed by atoms with Gasteiger partial charge in [-0.2, -0.15) is 4.98 Å². The lowest BCUT2D eigenvalue weighted by Gasteiger charge is -2.30. The number of carboxylic acids is 1. The highest BCUT2D eigenvalue weighted by molar-refractivity contribution is 5.71. The molecule has 9 heteroatoms. The van der Waals surface area contributed by atoms with Gasteiger partial charge in [0, 0.05) is 13.1 Å². The van der Waals surface area contributed by atoms with E-state index in [2.05, 4.69) is 9.97 Å². The number of ether oxygens (including phenoxy) is 1. The summed E-state index contributed by atoms with van der Waals surface area (Å²) in [4.78, 5) is 32.0. The van der Waals surface area contributed by atoms with Gasteiger partial charge in [0.25, 0.3) is 0 Å². The second-order valence-corrected chi connectivity index (χ2v) is 6.56. The van der Waals surface area contributed by atoms with Crippen LogP contribution in [0.5, 0.6) is 11.6 Å². The van der Waals surface area contributed by atoms with E-state index in [0.717, 1.165) is 11.1 Å². The average molecular weight is 372 g/mol. The Morgan fingerprint density at radius 3 is 2.56 bits per heavy atom. The predicted octanol–water partition coefficient (Wildman–Crippen LogP) is 3.09. The van der Waals surface area contributed by atoms with Crippen molar-refractivity contribution in [3.05, 3.63) is 45.8 Å². The first kappa shape index (κ1) is 18.6. The van der Waals surface area contributed by atoms with Crippen molar-refractivity contribution in [3.8, 4) is 11.6 Å². The van der Waals surface area contributed by atoms with E-state index < -0.39 is 16.8 Å². The first-order valence-corrected chi connectivity index (χ1v) is 8.59. The lowest BCUT2D eigenvalue weighted by atomic mass is 9.97. The summed E-state index contributed by atoms with van der Waals surface area (Å²) in [7, 11) is 0. The molecule has 0 saturated carbocycles. The number of nitrogens with zero attached hydrogens (tertiary/aromatic N) is 4. The Balaban J connectivity index is 1.90. The summed E-state index contributed by atoms with van der Waals surface area (Å²) in [5.74, 6) is -0.805. The SMILES string of the molecule is Cc1ccc(Oc2ncnc(N3CCC(C(=O)O)CC3)c2[N+](=O)[O-])cc1C. The van der Waals surface area contributed by atoms with Crippen molar-refractivity contribution in [3.63, 3.8) is 0 Å². The zero-order chi connectivity index (χ0) is 19.6. The van der Waals surface area contributed by atoms with Crippen LogP contribution < -0.4 is 9.64 Å². The third-order valence-electron chi connectivity index (χ3n) is 4.79. The number of aryl methyl sites for hydroxylation is 2. The summed E-state index contributed by atoms with van der Waals surface area (Å²) in [6, 6.07) is 5.39. The van der Waals surface area contributed by atoms with Gasteiger partial charge in [-0.15, -0.1) is 0 Å². The van der Waals surface area contributed by atoms with E-state index in [9.17, 15) is 14.9 Å². The van der Waals surface area contributed by atoms with E-state index >= 15 is 0 Å². The minimum Gasteiger partial charge on any atom is -0.481 e. The zero-order valence-corrected chi connectivity index (χ0v) is 15.1. The van der Waals surface area contributed by atoms with Crippen LogP contribution in [-0.4, -0.2) is 39.1 Å². The molecule has 1 aliphatic rings. The molecular weight excluding hydrogens is 352 g/mol. The molecule has 1 fully saturated rings. The largest absolute Gasteiger partial charge is 0.481 e. The first-order chi connectivity index (χ1) is 12.9. The summed E-state index contributed by atoms with van der Waals surface area (Å²) in [5.41, 5.74) is 1.77. The fourth-order valence-electron chi connectivity index (χ4n) is 3.05. The van der Waals surface area contributed by atoms with Crippen LogP contribution in [-0.2, 0) is 4.79 Å². The van der Waals surface area contributed by atoms with Gasteiger partial charge in [0.05, 0.1) is 10.8 Å². The maximum Gasteiger partial charge on any atom is 0.373 e. The molecule has 1 aromatic carbocycles. The van der Waals surface area contributed by atoms with E-state index in [1.165, 1.54) is 6.33 Å². The Bertz CT molecular complexity index is 878. The average Bonchev–Trinajstić information content (AvgIpc) is 2.64. The van der Waals surface area contributed by atoms with Gasteiger partial charge in [0.15, 0.2) is 0 Å². The number of carboxylic acid groups (broad SMARTS) is 1. The van der Waals surface area contributed by atoms with Crippen molar-refractivity contribution >= 4 is 17.5 Å². The lowest BCUT2D eigenvalue weighted by Crippen LogP contribution is -2.37. The van der Waals surface area contributed by atoms with Crippen LogP contribution >= 0.6 is 0 Å². The van der Waals surface area contributed by atoms with Gasteiger partial charge < -0.3 is 14.7 Å². The standard InChI is InChI=1S/C18H20N4O5/c1-11-3-4-14(9-12(11)2)27-17-15(22(25)26)16(19-10-20-17)21-7-5-13(6-8-21)18(23)24/h3-4,9-10,13H,5-8H2,1-2H3,(H,23,24). The Morgan fingerprint density at radius 1 is 1.26 bits per heavy atom. The van der Waals surface area contributed by atoms with Gasteiger partial charge in [-0.1, -0.05) is 6.07 Å². The molecule has 1 aliphatic heterocycles. The molecule has 0 atom stereocenters. The minimum absolute atomic E-state index is 0.131. The smallest absolute Gasteiger partial charge is 0.373 e. The highest BCUT2D eigenvalue weighted by Gasteiger charge is 2.32. The molecule has 0 radical (unpaired) electrons. The van der Waals surface area contributed by atoms with Crippen LogP contribution in [0.25, 0.3) is 0 Å². The Morgan fingerprint density at radius 2 is 1.96 bits per heavy atom. The fraction of sp³-hybridized carbons (Fsp3) is 0.389. The number of benzene rings is 1. The maximum atomic E-state index is 11.7. The van der Waals surface area contributed by atoms with E-state index in [-0.39, 0.29) is 17.4 Å². The van der Waals surface area contributed by atoms with Crippen molar-refractivity contribution in [1.29, 1.82) is 0 Å². The topological polar surface area (TPSA) is 119 Å². The molecule has 0 amide bonds. The number of hydrogen-bond donors (Lipinski definition) is 1. The predicted molar refractivity (Wildman–Crippen MR) is 97.2 cm³/mol. The number of piperidine rings is 1. The van der Waals surface area contributed by atoms with Crippen molar-refractivity contribution in [2.45, 2.75) is 26.7 Å². The summed E-state index contributed by atoms with van der Waals surface area (Å²) in [5, 5.41) is 20.8. The number of aromatic nitrogens is 2. The molecule has 2 heterocycles. The fourth-order valence-corrected chi connectivity index (χ4v) is 3.05. The van der Waals surface area contributed by atoms with Crippen molar-refractivity contribution in [1.82, 2.24) is 9.97 Å². The number of carbonyl (C=O) groups is 1. The molecule has 0 bridgehead atoms. The number of rotatable bonds is 5. The van der Waals surface area contributed by atoms with E-state index in [0.29, 0.717) is 31.7 Å². The summed E-state index contributed by atoms with van der Waals surface area (Å²) in [6.07, 6.45) is 2.04. The number of hydrogen-bond acceptors (Lipinski definition) is 7. The van der Waals surface area contributed by atoms with Gasteiger partial charge in [-0.25, -0.2) is 4.98 Å². The van der Waals surface area contributed by atoms with Gasteiger partial charge in [-0.05, 0) is 49.9 Å². The minimum atomic E-state index is -0.842. The molecule has 0 unspecified atom stereocenters. The zero-order valence-electron chi connectivity index (χ0n) is 15.1. The Hall–Kier alpha value is -3.23. The molecule has 9 nitrogen and oxygen atoms in total. The van der Waals surface area contributed by atoms with Crippen LogP contribution in [0.4, 0.5) is 11.5 Å². The first-order valence-electron chi connectivity index (χ1n) is 8.59. The lowest BCUT2D eigenvalue weighted by molar-refractivity contribution is -0.385. The van der Waals surface area contributed by atoms with E-state index in [1.807, 2.05) is 19.9 Å². The van der Waals surface area contributed by atoms with Crippen LogP contribution in [0.1, 0.15) is 24.0 Å². The van der Waals surface area contributed by atoms with E-state index in [1.54, 1.807) is 17.0 Å². The maximum absolute atomic E-state index is 11.7. The molecule has 142 valence electrons. The highest BCUT2D eigenvalue weighted by Crippen LogP contribution is 2.37. The molecule has 1 N–H and O–H groups in total. The summed E-state index contributed by atoms with van der Waals surface area (Å²) in [6.45, 7) is 4.63. The molecule has 27 heavy (non-hydrogen) atoms. The summed E-state index contributed by atoms with van der Waals surface area (Å²) >= 11 is 0. The third-order valence-corrected chi connectivity index (χ3v) is 4.79. The summed E-state index contributed by atoms with van der Waals surface area (Å²) < 4.78 is 5.68. The molecule has 3 rings (SSSR count).